The number of ether oxygens (including phenoxy) is 1. The van der Waals surface area contributed by atoms with Crippen LogP contribution in [-0.2, 0) is 0 Å². The van der Waals surface area contributed by atoms with Crippen LogP contribution >= 0.6 is 12.4 Å². The molecule has 0 saturated carbocycles. The molecule has 0 aliphatic heterocycles. The summed E-state index contributed by atoms with van der Waals surface area (Å²) in [6.45, 7) is 2.10. The molecule has 102 valence electrons. The summed E-state index contributed by atoms with van der Waals surface area (Å²) in [5.74, 6) is -0.640. The minimum atomic E-state index is -1.000. The Bertz CT molecular complexity index is 584. The normalized spacial score (nSPS) is 11.7. The number of aromatic carboxylic acids is 1. The van der Waals surface area contributed by atoms with Crippen LogP contribution < -0.4 is 10.5 Å². The van der Waals surface area contributed by atoms with E-state index in [4.69, 9.17) is 10.5 Å². The molecule has 2 aromatic rings. The van der Waals surface area contributed by atoms with E-state index < -0.39 is 5.97 Å². The molecule has 0 bridgehead atoms. The zero-order valence-corrected chi connectivity index (χ0v) is 11.3. The van der Waals surface area contributed by atoms with Gasteiger partial charge in [-0.05, 0) is 29.8 Å². The maximum Gasteiger partial charge on any atom is 0.339 e. The number of hydrogen-bond donors (Lipinski definition) is 2. The van der Waals surface area contributed by atoms with Gasteiger partial charge in [0.1, 0.15) is 17.9 Å². The van der Waals surface area contributed by atoms with Crippen LogP contribution in [0.4, 0.5) is 0 Å². The maximum atomic E-state index is 11.2. The summed E-state index contributed by atoms with van der Waals surface area (Å²) in [5.41, 5.74) is 5.77. The molecule has 0 amide bonds. The van der Waals surface area contributed by atoms with Crippen LogP contribution in [0.1, 0.15) is 17.3 Å². The third-order valence-corrected chi connectivity index (χ3v) is 2.58. The molecule has 2 rings (SSSR count). The highest BCUT2D eigenvalue weighted by molar-refractivity contribution is 5.97. The largest absolute Gasteiger partial charge is 0.491 e. The summed E-state index contributed by atoms with van der Waals surface area (Å²) < 4.78 is 5.46. The van der Waals surface area contributed by atoms with Crippen molar-refractivity contribution in [3.63, 3.8) is 0 Å². The molecule has 1 unspecified atom stereocenters. The van der Waals surface area contributed by atoms with E-state index in [0.717, 1.165) is 10.8 Å². The third kappa shape index (κ3) is 3.59. The smallest absolute Gasteiger partial charge is 0.339 e. The molecule has 0 heterocycles. The minimum Gasteiger partial charge on any atom is -0.491 e. The average molecular weight is 282 g/mol. The number of fused-ring (bicyclic) bond motifs is 1. The van der Waals surface area contributed by atoms with E-state index in [1.54, 1.807) is 12.1 Å². The highest BCUT2D eigenvalue weighted by atomic mass is 35.5. The zero-order chi connectivity index (χ0) is 13.1. The quantitative estimate of drug-likeness (QED) is 0.904. The summed E-state index contributed by atoms with van der Waals surface area (Å²) in [6.07, 6.45) is 0. The van der Waals surface area contributed by atoms with Gasteiger partial charge in [-0.25, -0.2) is 4.79 Å². The third-order valence-electron chi connectivity index (χ3n) is 2.58. The summed E-state index contributed by atoms with van der Waals surface area (Å²) in [5, 5.41) is 11.0. The van der Waals surface area contributed by atoms with Gasteiger partial charge in [0.2, 0.25) is 0 Å². The number of halogens is 1. The summed E-state index contributed by atoms with van der Waals surface area (Å²) in [6, 6.07) is 10.8. The van der Waals surface area contributed by atoms with Crippen LogP contribution in [0, 0.1) is 0 Å². The van der Waals surface area contributed by atoms with Gasteiger partial charge in [0.15, 0.2) is 0 Å². The van der Waals surface area contributed by atoms with E-state index >= 15 is 0 Å². The number of rotatable bonds is 4. The molecule has 0 fully saturated rings. The molecule has 0 aromatic heterocycles. The van der Waals surface area contributed by atoms with Crippen LogP contribution in [0.3, 0.4) is 0 Å². The SMILES string of the molecule is CC(N)COc1cc2ccccc2cc1C(=O)O.Cl. The molecule has 0 saturated heterocycles. The second kappa shape index (κ2) is 6.41. The van der Waals surface area contributed by atoms with Gasteiger partial charge >= 0.3 is 5.97 Å². The van der Waals surface area contributed by atoms with Gasteiger partial charge < -0.3 is 15.6 Å². The average Bonchev–Trinajstić information content (AvgIpc) is 2.35. The fraction of sp³-hybridized carbons (Fsp3) is 0.214. The van der Waals surface area contributed by atoms with Crippen molar-refractivity contribution in [3.8, 4) is 5.75 Å². The van der Waals surface area contributed by atoms with Crippen LogP contribution in [0.25, 0.3) is 10.8 Å². The van der Waals surface area contributed by atoms with Crippen molar-refractivity contribution in [2.75, 3.05) is 6.61 Å². The second-order valence-corrected chi connectivity index (χ2v) is 4.29. The van der Waals surface area contributed by atoms with Crippen molar-refractivity contribution in [1.82, 2.24) is 0 Å². The Kier molecular flexibility index (Phi) is 5.15. The number of nitrogens with two attached hydrogens (primary N) is 1. The van der Waals surface area contributed by atoms with Crippen molar-refractivity contribution < 1.29 is 14.6 Å². The van der Waals surface area contributed by atoms with Crippen LogP contribution in [0.2, 0.25) is 0 Å². The van der Waals surface area contributed by atoms with Gasteiger partial charge in [-0.15, -0.1) is 12.4 Å². The van der Waals surface area contributed by atoms with Crippen molar-refractivity contribution in [2.45, 2.75) is 13.0 Å². The van der Waals surface area contributed by atoms with E-state index in [2.05, 4.69) is 0 Å². The maximum absolute atomic E-state index is 11.2. The first-order valence-electron chi connectivity index (χ1n) is 5.72. The molecule has 1 atom stereocenters. The molecular formula is C14H16ClNO3. The first kappa shape index (κ1) is 15.3. The van der Waals surface area contributed by atoms with Crippen molar-refractivity contribution in [3.05, 3.63) is 42.0 Å². The predicted octanol–water partition coefficient (Wildman–Crippen LogP) is 2.69. The minimum absolute atomic E-state index is 0. The highest BCUT2D eigenvalue weighted by Crippen LogP contribution is 2.26. The number of benzene rings is 2. The molecule has 19 heavy (non-hydrogen) atoms. The molecule has 0 spiro atoms. The van der Waals surface area contributed by atoms with Crippen molar-refractivity contribution in [2.24, 2.45) is 5.73 Å². The van der Waals surface area contributed by atoms with E-state index in [-0.39, 0.29) is 24.0 Å². The number of carbonyl (C=O) groups is 1. The molecule has 3 N–H and O–H groups in total. The predicted molar refractivity (Wildman–Crippen MR) is 77.3 cm³/mol. The van der Waals surface area contributed by atoms with Gasteiger partial charge in [-0.2, -0.15) is 0 Å². The standard InChI is InChI=1S/C14H15NO3.ClH/c1-9(15)8-18-13-7-11-5-3-2-4-10(11)6-12(13)14(16)17;/h2-7,9H,8,15H2,1H3,(H,16,17);1H. The Morgan fingerprint density at radius 2 is 1.89 bits per heavy atom. The first-order valence-corrected chi connectivity index (χ1v) is 5.72. The molecule has 0 aliphatic carbocycles. The molecule has 2 aromatic carbocycles. The molecule has 0 radical (unpaired) electrons. The van der Waals surface area contributed by atoms with E-state index in [0.29, 0.717) is 12.4 Å². The lowest BCUT2D eigenvalue weighted by Gasteiger charge is -2.12. The Labute approximate surface area is 117 Å². The number of hydrogen-bond acceptors (Lipinski definition) is 3. The number of carboxylic acid groups (broad SMARTS) is 1. The fourth-order valence-electron chi connectivity index (χ4n) is 1.73. The first-order chi connectivity index (χ1) is 8.58. The van der Waals surface area contributed by atoms with Gasteiger partial charge in [-0.1, -0.05) is 24.3 Å². The fourth-order valence-corrected chi connectivity index (χ4v) is 1.73. The monoisotopic (exact) mass is 281 g/mol. The van der Waals surface area contributed by atoms with Gasteiger partial charge in [0, 0.05) is 6.04 Å². The van der Waals surface area contributed by atoms with E-state index in [1.807, 2.05) is 31.2 Å². The van der Waals surface area contributed by atoms with Gasteiger partial charge in [0.25, 0.3) is 0 Å². The molecular weight excluding hydrogens is 266 g/mol. The lowest BCUT2D eigenvalue weighted by molar-refractivity contribution is 0.0692. The van der Waals surface area contributed by atoms with Crippen molar-refractivity contribution >= 4 is 29.1 Å². The lowest BCUT2D eigenvalue weighted by Crippen LogP contribution is -2.24. The molecule has 4 nitrogen and oxygen atoms in total. The van der Waals surface area contributed by atoms with E-state index in [9.17, 15) is 9.90 Å². The topological polar surface area (TPSA) is 72.5 Å². The summed E-state index contributed by atoms with van der Waals surface area (Å²) in [4.78, 5) is 11.2. The molecule has 5 heteroatoms. The number of carboxylic acids is 1. The Morgan fingerprint density at radius 1 is 1.32 bits per heavy atom. The van der Waals surface area contributed by atoms with Gasteiger partial charge in [-0.3, -0.25) is 0 Å². The van der Waals surface area contributed by atoms with Crippen molar-refractivity contribution in [1.29, 1.82) is 0 Å². The highest BCUT2D eigenvalue weighted by Gasteiger charge is 2.13. The van der Waals surface area contributed by atoms with E-state index in [1.165, 1.54) is 0 Å². The Balaban J connectivity index is 0.00000180. The molecule has 0 aliphatic rings. The van der Waals surface area contributed by atoms with Gasteiger partial charge in [0.05, 0.1) is 0 Å². The van der Waals surface area contributed by atoms with Crippen LogP contribution in [-0.4, -0.2) is 23.7 Å². The Morgan fingerprint density at radius 3 is 2.42 bits per heavy atom. The Hall–Kier alpha value is -1.78. The summed E-state index contributed by atoms with van der Waals surface area (Å²) in [7, 11) is 0. The second-order valence-electron chi connectivity index (χ2n) is 4.29. The summed E-state index contributed by atoms with van der Waals surface area (Å²) >= 11 is 0. The van der Waals surface area contributed by atoms with Crippen LogP contribution in [0.15, 0.2) is 36.4 Å². The lowest BCUT2D eigenvalue weighted by atomic mass is 10.1. The van der Waals surface area contributed by atoms with Crippen LogP contribution in [0.5, 0.6) is 5.75 Å². The zero-order valence-electron chi connectivity index (χ0n) is 10.5.